The van der Waals surface area contributed by atoms with Crippen LogP contribution in [0.15, 0.2) is 18.2 Å². The third kappa shape index (κ3) is 1.19. The Bertz CT molecular complexity index is 525. The lowest BCUT2D eigenvalue weighted by molar-refractivity contribution is -0.0883. The first-order chi connectivity index (χ1) is 7.75. The van der Waals surface area contributed by atoms with Gasteiger partial charge in [-0.15, -0.1) is 0 Å². The van der Waals surface area contributed by atoms with Crippen LogP contribution in [0.25, 0.3) is 5.65 Å². The van der Waals surface area contributed by atoms with Crippen molar-refractivity contribution in [2.75, 3.05) is 19.8 Å². The smallest absolute Gasteiger partial charge is 0.164 e. The van der Waals surface area contributed by atoms with E-state index in [1.165, 1.54) is 0 Å². The second-order valence-corrected chi connectivity index (χ2v) is 4.30. The summed E-state index contributed by atoms with van der Waals surface area (Å²) in [5.41, 5.74) is 1.46. The molecular weight excluding hydrogens is 206 g/mol. The van der Waals surface area contributed by atoms with Gasteiger partial charge in [-0.05, 0) is 19.1 Å². The molecule has 16 heavy (non-hydrogen) atoms. The minimum Gasteiger partial charge on any atom is -0.395 e. The zero-order valence-electron chi connectivity index (χ0n) is 9.05. The van der Waals surface area contributed by atoms with Crippen LogP contribution in [-0.4, -0.2) is 39.5 Å². The number of fused-ring (bicyclic) bond motifs is 1. The standard InChI is InChI=1S/C11H13N3O2/c1-8-3-2-4-9-12-10(13-14(8)9)11(5-15)6-16-7-11/h2-4,15H,5-7H2,1H3. The van der Waals surface area contributed by atoms with E-state index in [0.717, 1.165) is 11.3 Å². The van der Waals surface area contributed by atoms with Gasteiger partial charge in [0.05, 0.1) is 19.8 Å². The maximum Gasteiger partial charge on any atom is 0.164 e. The average molecular weight is 219 g/mol. The Hall–Kier alpha value is -1.46. The molecule has 0 spiro atoms. The lowest BCUT2D eigenvalue weighted by Gasteiger charge is -2.36. The van der Waals surface area contributed by atoms with Crippen molar-refractivity contribution < 1.29 is 9.84 Å². The minimum absolute atomic E-state index is 0.0307. The van der Waals surface area contributed by atoms with E-state index in [1.807, 2.05) is 25.1 Å². The summed E-state index contributed by atoms with van der Waals surface area (Å²) >= 11 is 0. The lowest BCUT2D eigenvalue weighted by Crippen LogP contribution is -2.50. The molecule has 1 N–H and O–H groups in total. The highest BCUT2D eigenvalue weighted by Gasteiger charge is 2.43. The molecule has 0 unspecified atom stereocenters. The molecule has 1 aliphatic heterocycles. The van der Waals surface area contributed by atoms with Gasteiger partial charge >= 0.3 is 0 Å². The number of nitrogens with zero attached hydrogens (tertiary/aromatic N) is 3. The second-order valence-electron chi connectivity index (χ2n) is 4.30. The second kappa shape index (κ2) is 3.26. The van der Waals surface area contributed by atoms with E-state index < -0.39 is 5.41 Å². The highest BCUT2D eigenvalue weighted by Crippen LogP contribution is 2.29. The van der Waals surface area contributed by atoms with Crippen LogP contribution in [0.5, 0.6) is 0 Å². The Labute approximate surface area is 92.7 Å². The molecule has 0 saturated carbocycles. The van der Waals surface area contributed by atoms with E-state index in [9.17, 15) is 5.11 Å². The van der Waals surface area contributed by atoms with Gasteiger partial charge in [-0.2, -0.15) is 5.10 Å². The maximum absolute atomic E-state index is 9.42. The molecule has 0 radical (unpaired) electrons. The predicted octanol–water partition coefficient (Wildman–Crippen LogP) is 0.298. The third-order valence-electron chi connectivity index (χ3n) is 3.08. The van der Waals surface area contributed by atoms with Crippen LogP contribution in [0.2, 0.25) is 0 Å². The third-order valence-corrected chi connectivity index (χ3v) is 3.08. The topological polar surface area (TPSA) is 59.7 Å². The van der Waals surface area contributed by atoms with Crippen molar-refractivity contribution in [1.82, 2.24) is 14.6 Å². The molecule has 0 bridgehead atoms. The molecule has 5 heteroatoms. The van der Waals surface area contributed by atoms with Gasteiger partial charge in [-0.25, -0.2) is 9.50 Å². The number of hydrogen-bond donors (Lipinski definition) is 1. The molecule has 84 valence electrons. The molecule has 1 fully saturated rings. The van der Waals surface area contributed by atoms with Crippen molar-refractivity contribution in [3.8, 4) is 0 Å². The van der Waals surface area contributed by atoms with Gasteiger partial charge in [-0.3, -0.25) is 0 Å². The van der Waals surface area contributed by atoms with Crippen molar-refractivity contribution in [2.45, 2.75) is 12.3 Å². The molecule has 1 aliphatic rings. The summed E-state index contributed by atoms with van der Waals surface area (Å²) in [4.78, 5) is 4.45. The van der Waals surface area contributed by atoms with Crippen LogP contribution in [-0.2, 0) is 10.2 Å². The van der Waals surface area contributed by atoms with E-state index in [2.05, 4.69) is 10.1 Å². The summed E-state index contributed by atoms with van der Waals surface area (Å²) < 4.78 is 6.96. The minimum atomic E-state index is -0.390. The molecule has 3 rings (SSSR count). The monoisotopic (exact) mass is 219 g/mol. The molecule has 2 aromatic heterocycles. The number of hydrogen-bond acceptors (Lipinski definition) is 4. The number of aromatic nitrogens is 3. The number of pyridine rings is 1. The predicted molar refractivity (Wildman–Crippen MR) is 57.3 cm³/mol. The van der Waals surface area contributed by atoms with Crippen LogP contribution >= 0.6 is 0 Å². The fourth-order valence-corrected chi connectivity index (χ4v) is 1.90. The van der Waals surface area contributed by atoms with Crippen LogP contribution in [0.1, 0.15) is 11.5 Å². The number of aryl methyl sites for hydroxylation is 1. The van der Waals surface area contributed by atoms with Crippen LogP contribution in [0, 0.1) is 6.92 Å². The normalized spacial score (nSPS) is 18.6. The SMILES string of the molecule is Cc1cccc2nc(C3(CO)COC3)nn12. The summed E-state index contributed by atoms with van der Waals surface area (Å²) in [6, 6.07) is 5.84. The van der Waals surface area contributed by atoms with Crippen LogP contribution in [0.4, 0.5) is 0 Å². The Kier molecular flexibility index (Phi) is 1.99. The van der Waals surface area contributed by atoms with Gasteiger partial charge in [0.1, 0.15) is 5.41 Å². The van der Waals surface area contributed by atoms with Crippen molar-refractivity contribution in [1.29, 1.82) is 0 Å². The van der Waals surface area contributed by atoms with E-state index >= 15 is 0 Å². The molecule has 0 aromatic carbocycles. The van der Waals surface area contributed by atoms with E-state index in [-0.39, 0.29) is 6.61 Å². The summed E-state index contributed by atoms with van der Waals surface area (Å²) in [6.45, 7) is 3.01. The van der Waals surface area contributed by atoms with Crippen molar-refractivity contribution >= 4 is 5.65 Å². The van der Waals surface area contributed by atoms with Crippen LogP contribution in [0.3, 0.4) is 0 Å². The molecule has 0 amide bonds. The van der Waals surface area contributed by atoms with Gasteiger partial charge in [0.25, 0.3) is 0 Å². The fraction of sp³-hybridized carbons (Fsp3) is 0.455. The van der Waals surface area contributed by atoms with Gasteiger partial charge < -0.3 is 9.84 Å². The Morgan fingerprint density at radius 1 is 1.50 bits per heavy atom. The largest absolute Gasteiger partial charge is 0.395 e. The van der Waals surface area contributed by atoms with Crippen molar-refractivity contribution in [3.05, 3.63) is 29.7 Å². The summed E-state index contributed by atoms with van der Waals surface area (Å²) in [5.74, 6) is 0.676. The first-order valence-corrected chi connectivity index (χ1v) is 5.27. The highest BCUT2D eigenvalue weighted by atomic mass is 16.5. The molecule has 2 aromatic rings. The Morgan fingerprint density at radius 2 is 2.31 bits per heavy atom. The Morgan fingerprint density at radius 3 is 2.88 bits per heavy atom. The first kappa shape index (κ1) is 9.74. The van der Waals surface area contributed by atoms with Gasteiger partial charge in [0, 0.05) is 5.69 Å². The van der Waals surface area contributed by atoms with Crippen molar-refractivity contribution in [2.24, 2.45) is 0 Å². The van der Waals surface area contributed by atoms with E-state index in [0.29, 0.717) is 19.0 Å². The molecule has 0 atom stereocenters. The van der Waals surface area contributed by atoms with Gasteiger partial charge in [0.15, 0.2) is 11.5 Å². The molecular formula is C11H13N3O2. The number of aliphatic hydroxyl groups excluding tert-OH is 1. The molecule has 3 heterocycles. The first-order valence-electron chi connectivity index (χ1n) is 5.27. The molecule has 1 saturated heterocycles. The number of aliphatic hydroxyl groups is 1. The summed E-state index contributed by atoms with van der Waals surface area (Å²) in [6.07, 6.45) is 0. The zero-order chi connectivity index (χ0) is 11.2. The van der Waals surface area contributed by atoms with Crippen LogP contribution < -0.4 is 0 Å². The quantitative estimate of drug-likeness (QED) is 0.789. The van der Waals surface area contributed by atoms with E-state index in [1.54, 1.807) is 4.52 Å². The summed E-state index contributed by atoms with van der Waals surface area (Å²) in [7, 11) is 0. The number of rotatable bonds is 2. The zero-order valence-corrected chi connectivity index (χ0v) is 9.05. The van der Waals surface area contributed by atoms with Crippen molar-refractivity contribution in [3.63, 3.8) is 0 Å². The number of ether oxygens (including phenoxy) is 1. The molecule has 0 aliphatic carbocycles. The Balaban J connectivity index is 2.15. The maximum atomic E-state index is 9.42. The van der Waals surface area contributed by atoms with Gasteiger partial charge in [-0.1, -0.05) is 6.07 Å². The highest BCUT2D eigenvalue weighted by molar-refractivity contribution is 5.40. The van der Waals surface area contributed by atoms with E-state index in [4.69, 9.17) is 4.74 Å². The fourth-order valence-electron chi connectivity index (χ4n) is 1.90. The average Bonchev–Trinajstić information content (AvgIpc) is 2.62. The summed E-state index contributed by atoms with van der Waals surface area (Å²) in [5, 5.41) is 13.9. The lowest BCUT2D eigenvalue weighted by atomic mass is 9.86. The molecule has 5 nitrogen and oxygen atoms in total. The van der Waals surface area contributed by atoms with Gasteiger partial charge in [0.2, 0.25) is 0 Å².